The molecular weight excluding hydrogens is 346 g/mol. The molecular formula is C18H24ClNO5. The maximum atomic E-state index is 12.8. The quantitative estimate of drug-likeness (QED) is 0.720. The minimum atomic E-state index is -0.280. The van der Waals surface area contributed by atoms with Crippen molar-refractivity contribution >= 4 is 23.5 Å². The second-order valence-electron chi connectivity index (χ2n) is 5.76. The Morgan fingerprint density at radius 1 is 1.28 bits per heavy atom. The van der Waals surface area contributed by atoms with Crippen molar-refractivity contribution in [1.29, 1.82) is 0 Å². The van der Waals surface area contributed by atoms with Crippen molar-refractivity contribution in [3.05, 3.63) is 22.7 Å². The van der Waals surface area contributed by atoms with Crippen molar-refractivity contribution in [2.45, 2.75) is 26.7 Å². The van der Waals surface area contributed by atoms with Gasteiger partial charge < -0.3 is 19.1 Å². The summed E-state index contributed by atoms with van der Waals surface area (Å²) in [5.41, 5.74) is 0.412. The van der Waals surface area contributed by atoms with E-state index in [-0.39, 0.29) is 17.8 Å². The minimum Gasteiger partial charge on any atom is -0.493 e. The van der Waals surface area contributed by atoms with Gasteiger partial charge in [0.1, 0.15) is 0 Å². The number of rotatable bonds is 6. The molecule has 1 aromatic rings. The summed E-state index contributed by atoms with van der Waals surface area (Å²) >= 11 is 6.25. The van der Waals surface area contributed by atoms with Crippen LogP contribution >= 0.6 is 11.6 Å². The SMILES string of the molecule is CCOC(=O)[C@@H]1CCCN(C(=O)c2cc(Cl)c(OCC)c(OC)c2)C1. The average molecular weight is 370 g/mol. The first-order valence-electron chi connectivity index (χ1n) is 8.48. The highest BCUT2D eigenvalue weighted by Crippen LogP contribution is 2.37. The molecule has 1 aromatic carbocycles. The molecule has 1 heterocycles. The van der Waals surface area contributed by atoms with Gasteiger partial charge in [0.25, 0.3) is 5.91 Å². The Bertz CT molecular complexity index is 634. The number of carbonyl (C=O) groups is 2. The van der Waals surface area contributed by atoms with Gasteiger partial charge >= 0.3 is 5.97 Å². The van der Waals surface area contributed by atoms with Crippen LogP contribution in [0.2, 0.25) is 5.02 Å². The van der Waals surface area contributed by atoms with E-state index >= 15 is 0 Å². The van der Waals surface area contributed by atoms with Crippen LogP contribution in [0.5, 0.6) is 11.5 Å². The number of piperidine rings is 1. The van der Waals surface area contributed by atoms with E-state index in [4.69, 9.17) is 25.8 Å². The van der Waals surface area contributed by atoms with Crippen molar-refractivity contribution in [3.8, 4) is 11.5 Å². The third-order valence-electron chi connectivity index (χ3n) is 4.09. The van der Waals surface area contributed by atoms with Gasteiger partial charge in [0.2, 0.25) is 0 Å². The molecule has 1 aliphatic rings. The summed E-state index contributed by atoms with van der Waals surface area (Å²) in [6, 6.07) is 3.19. The van der Waals surface area contributed by atoms with Gasteiger partial charge in [-0.15, -0.1) is 0 Å². The van der Waals surface area contributed by atoms with Gasteiger partial charge in [0.15, 0.2) is 11.5 Å². The highest BCUT2D eigenvalue weighted by atomic mass is 35.5. The Hall–Kier alpha value is -1.95. The molecule has 138 valence electrons. The molecule has 1 aliphatic heterocycles. The third-order valence-corrected chi connectivity index (χ3v) is 4.37. The zero-order valence-corrected chi connectivity index (χ0v) is 15.6. The Balaban J connectivity index is 2.19. The third kappa shape index (κ3) is 4.57. The van der Waals surface area contributed by atoms with E-state index in [1.807, 2.05) is 6.92 Å². The molecule has 1 saturated heterocycles. The van der Waals surface area contributed by atoms with Gasteiger partial charge in [-0.2, -0.15) is 0 Å². The number of ether oxygens (including phenoxy) is 3. The van der Waals surface area contributed by atoms with Crippen LogP contribution in [0, 0.1) is 5.92 Å². The molecule has 0 spiro atoms. The van der Waals surface area contributed by atoms with Crippen LogP contribution in [0.4, 0.5) is 0 Å². The molecule has 7 heteroatoms. The number of halogens is 1. The molecule has 0 aromatic heterocycles. The van der Waals surface area contributed by atoms with Crippen LogP contribution in [0.1, 0.15) is 37.0 Å². The Labute approximate surface area is 153 Å². The number of hydrogen-bond donors (Lipinski definition) is 0. The summed E-state index contributed by atoms with van der Waals surface area (Å²) in [4.78, 5) is 26.5. The molecule has 0 bridgehead atoms. The normalized spacial score (nSPS) is 17.1. The van der Waals surface area contributed by atoms with Gasteiger partial charge in [0, 0.05) is 18.7 Å². The van der Waals surface area contributed by atoms with Crippen molar-refractivity contribution < 1.29 is 23.8 Å². The van der Waals surface area contributed by atoms with E-state index < -0.39 is 0 Å². The number of carbonyl (C=O) groups excluding carboxylic acids is 2. The van der Waals surface area contributed by atoms with E-state index in [1.54, 1.807) is 24.0 Å². The first kappa shape index (κ1) is 19.4. The summed E-state index contributed by atoms with van der Waals surface area (Å²) in [5, 5.41) is 0.323. The highest BCUT2D eigenvalue weighted by molar-refractivity contribution is 6.32. The molecule has 1 fully saturated rings. The molecule has 0 N–H and O–H groups in total. The lowest BCUT2D eigenvalue weighted by atomic mass is 9.97. The van der Waals surface area contributed by atoms with E-state index in [2.05, 4.69) is 0 Å². The summed E-state index contributed by atoms with van der Waals surface area (Å²) in [7, 11) is 1.50. The molecule has 1 atom stereocenters. The molecule has 0 aliphatic carbocycles. The first-order chi connectivity index (χ1) is 12.0. The van der Waals surface area contributed by atoms with Gasteiger partial charge in [-0.1, -0.05) is 11.6 Å². The van der Waals surface area contributed by atoms with Crippen LogP contribution in [-0.2, 0) is 9.53 Å². The van der Waals surface area contributed by atoms with Crippen molar-refractivity contribution in [1.82, 2.24) is 4.90 Å². The predicted octanol–water partition coefficient (Wildman–Crippen LogP) is 3.16. The maximum Gasteiger partial charge on any atom is 0.310 e. The van der Waals surface area contributed by atoms with Crippen LogP contribution in [0.25, 0.3) is 0 Å². The lowest BCUT2D eigenvalue weighted by molar-refractivity contribution is -0.149. The number of amides is 1. The topological polar surface area (TPSA) is 65.1 Å². The molecule has 0 unspecified atom stereocenters. The standard InChI is InChI=1S/C18H24ClNO5/c1-4-24-16-14(19)9-13(10-15(16)23-3)17(21)20-8-6-7-12(11-20)18(22)25-5-2/h9-10,12H,4-8,11H2,1-3H3/t12-/m1/s1. The first-order valence-corrected chi connectivity index (χ1v) is 8.85. The van der Waals surface area contributed by atoms with Gasteiger partial charge in [-0.25, -0.2) is 0 Å². The number of methoxy groups -OCH3 is 1. The molecule has 6 nitrogen and oxygen atoms in total. The Kier molecular flexibility index (Phi) is 6.93. The molecule has 25 heavy (non-hydrogen) atoms. The van der Waals surface area contributed by atoms with Crippen LogP contribution in [0.3, 0.4) is 0 Å². The number of nitrogens with zero attached hydrogens (tertiary/aromatic N) is 1. The van der Waals surface area contributed by atoms with Gasteiger partial charge in [0.05, 0.1) is 31.3 Å². The monoisotopic (exact) mass is 369 g/mol. The van der Waals surface area contributed by atoms with Crippen LogP contribution in [-0.4, -0.2) is 50.2 Å². The van der Waals surface area contributed by atoms with Crippen molar-refractivity contribution in [2.24, 2.45) is 5.92 Å². The van der Waals surface area contributed by atoms with Crippen LogP contribution < -0.4 is 9.47 Å². The molecule has 0 saturated carbocycles. The Morgan fingerprint density at radius 3 is 2.68 bits per heavy atom. The summed E-state index contributed by atoms with van der Waals surface area (Å²) in [5.74, 6) is 0.125. The van der Waals surface area contributed by atoms with E-state index in [1.165, 1.54) is 7.11 Å². The fraction of sp³-hybridized carbons (Fsp3) is 0.556. The fourth-order valence-corrected chi connectivity index (χ4v) is 3.19. The highest BCUT2D eigenvalue weighted by Gasteiger charge is 2.30. The minimum absolute atomic E-state index is 0.183. The number of benzene rings is 1. The maximum absolute atomic E-state index is 12.8. The van der Waals surface area contributed by atoms with Crippen molar-refractivity contribution in [3.63, 3.8) is 0 Å². The molecule has 1 amide bonds. The van der Waals surface area contributed by atoms with Gasteiger partial charge in [-0.3, -0.25) is 9.59 Å². The number of esters is 1. The largest absolute Gasteiger partial charge is 0.493 e. The fourth-order valence-electron chi connectivity index (χ4n) is 2.92. The predicted molar refractivity (Wildman–Crippen MR) is 94.4 cm³/mol. The molecule has 0 radical (unpaired) electrons. The lowest BCUT2D eigenvalue weighted by Crippen LogP contribution is -2.42. The van der Waals surface area contributed by atoms with E-state index in [0.29, 0.717) is 48.4 Å². The average Bonchev–Trinajstić information content (AvgIpc) is 2.63. The Morgan fingerprint density at radius 2 is 2.04 bits per heavy atom. The van der Waals surface area contributed by atoms with Crippen molar-refractivity contribution in [2.75, 3.05) is 33.4 Å². The van der Waals surface area contributed by atoms with Crippen LogP contribution in [0.15, 0.2) is 12.1 Å². The number of hydrogen-bond acceptors (Lipinski definition) is 5. The summed E-state index contributed by atoms with van der Waals surface area (Å²) in [6.07, 6.45) is 1.49. The second-order valence-corrected chi connectivity index (χ2v) is 6.17. The summed E-state index contributed by atoms with van der Waals surface area (Å²) < 4.78 is 15.8. The number of likely N-dealkylation sites (tertiary alicyclic amines) is 1. The van der Waals surface area contributed by atoms with E-state index in [9.17, 15) is 9.59 Å². The zero-order chi connectivity index (χ0) is 18.4. The lowest BCUT2D eigenvalue weighted by Gasteiger charge is -2.31. The summed E-state index contributed by atoms with van der Waals surface area (Å²) in [6.45, 7) is 5.36. The molecule has 2 rings (SSSR count). The second kappa shape index (κ2) is 8.94. The zero-order valence-electron chi connectivity index (χ0n) is 14.8. The van der Waals surface area contributed by atoms with E-state index in [0.717, 1.165) is 12.8 Å². The smallest absolute Gasteiger partial charge is 0.310 e. The van der Waals surface area contributed by atoms with Gasteiger partial charge in [-0.05, 0) is 38.8 Å².